The summed E-state index contributed by atoms with van der Waals surface area (Å²) >= 11 is 0. The van der Waals surface area contributed by atoms with E-state index in [2.05, 4.69) is 23.9 Å². The van der Waals surface area contributed by atoms with Crippen LogP contribution < -0.4 is 10.0 Å². The Hall–Kier alpha value is -2.57. The number of para-hydroxylation sites is 1. The fraction of sp³-hybridized carbons (Fsp3) is 0.407. The molecule has 33 heavy (non-hydrogen) atoms. The Kier molecular flexibility index (Phi) is 7.25. The van der Waals surface area contributed by atoms with E-state index in [4.69, 9.17) is 0 Å². The van der Waals surface area contributed by atoms with Gasteiger partial charge in [0.2, 0.25) is 0 Å². The topological polar surface area (TPSA) is 63.1 Å². The molecular formula is C27H35N3O2S. The highest BCUT2D eigenvalue weighted by Crippen LogP contribution is 2.31. The predicted octanol–water partition coefficient (Wildman–Crippen LogP) is 6.12. The number of benzene rings is 2. The Morgan fingerprint density at radius 1 is 0.909 bits per heavy atom. The van der Waals surface area contributed by atoms with Crippen molar-refractivity contribution in [3.05, 3.63) is 78.6 Å². The minimum atomic E-state index is -3.68. The van der Waals surface area contributed by atoms with Crippen LogP contribution in [0.1, 0.15) is 57.9 Å². The zero-order valence-electron chi connectivity index (χ0n) is 19.6. The maximum atomic E-state index is 13.1. The van der Waals surface area contributed by atoms with Crippen molar-refractivity contribution in [2.75, 3.05) is 4.72 Å². The monoisotopic (exact) mass is 465 g/mol. The predicted molar refractivity (Wildman–Crippen MR) is 135 cm³/mol. The number of rotatable bonds is 9. The van der Waals surface area contributed by atoms with Crippen LogP contribution in [0.2, 0.25) is 0 Å². The average Bonchev–Trinajstić information content (AvgIpc) is 3.34. The maximum absolute atomic E-state index is 13.1. The van der Waals surface area contributed by atoms with Crippen LogP contribution >= 0.6 is 0 Å². The lowest BCUT2D eigenvalue weighted by molar-refractivity contribution is 0.245. The molecular weight excluding hydrogens is 430 g/mol. The largest absolute Gasteiger partial charge is 0.324 e. The van der Waals surface area contributed by atoms with Gasteiger partial charge in [-0.05, 0) is 74.2 Å². The lowest BCUT2D eigenvalue weighted by Gasteiger charge is -2.33. The summed E-state index contributed by atoms with van der Waals surface area (Å²) in [6.07, 6.45) is 11.7. The van der Waals surface area contributed by atoms with Gasteiger partial charge in [0.05, 0.1) is 10.6 Å². The molecule has 0 spiro atoms. The molecule has 0 saturated heterocycles. The van der Waals surface area contributed by atoms with Crippen LogP contribution in [0.4, 0.5) is 5.69 Å². The first-order chi connectivity index (χ1) is 15.8. The van der Waals surface area contributed by atoms with Crippen LogP contribution in [0.25, 0.3) is 5.69 Å². The van der Waals surface area contributed by atoms with Gasteiger partial charge in [0.1, 0.15) is 0 Å². The standard InChI is InChI=1S/C27H35N3O2S/c1-27(2,20-22-10-4-3-5-11-22)28-21-23-12-6-7-13-26(23)29-33(31,32)25-16-14-24(15-17-25)30-18-8-9-19-30/h6-9,12-19,22,28-29H,3-5,10-11,20-21H2,1-2H3. The van der Waals surface area contributed by atoms with Crippen molar-refractivity contribution in [2.45, 2.75) is 69.4 Å². The van der Waals surface area contributed by atoms with Crippen molar-refractivity contribution in [2.24, 2.45) is 5.92 Å². The number of sulfonamides is 1. The second-order valence-corrected chi connectivity index (χ2v) is 11.5. The van der Waals surface area contributed by atoms with Crippen LogP contribution in [0.5, 0.6) is 0 Å². The molecule has 2 N–H and O–H groups in total. The molecule has 1 saturated carbocycles. The maximum Gasteiger partial charge on any atom is 0.261 e. The Morgan fingerprint density at radius 2 is 1.58 bits per heavy atom. The van der Waals surface area contributed by atoms with Crippen molar-refractivity contribution >= 4 is 15.7 Å². The SMILES string of the molecule is CC(C)(CC1CCCCC1)NCc1ccccc1NS(=O)(=O)c1ccc(-n2cccc2)cc1. The van der Waals surface area contributed by atoms with Gasteiger partial charge in [-0.25, -0.2) is 8.42 Å². The highest BCUT2D eigenvalue weighted by Gasteiger charge is 2.25. The fourth-order valence-electron chi connectivity index (χ4n) is 4.80. The zero-order valence-corrected chi connectivity index (χ0v) is 20.4. The van der Waals surface area contributed by atoms with Crippen LogP contribution in [-0.4, -0.2) is 18.5 Å². The smallest absolute Gasteiger partial charge is 0.261 e. The molecule has 0 aliphatic heterocycles. The van der Waals surface area contributed by atoms with Crippen molar-refractivity contribution in [3.63, 3.8) is 0 Å². The molecule has 0 atom stereocenters. The number of nitrogens with zero attached hydrogens (tertiary/aromatic N) is 1. The molecule has 3 aromatic rings. The summed E-state index contributed by atoms with van der Waals surface area (Å²) < 4.78 is 30.9. The van der Waals surface area contributed by atoms with E-state index < -0.39 is 10.0 Å². The van der Waals surface area contributed by atoms with E-state index in [-0.39, 0.29) is 10.4 Å². The summed E-state index contributed by atoms with van der Waals surface area (Å²) in [7, 11) is -3.68. The van der Waals surface area contributed by atoms with Gasteiger partial charge >= 0.3 is 0 Å². The van der Waals surface area contributed by atoms with Crippen molar-refractivity contribution < 1.29 is 8.42 Å². The number of anilines is 1. The summed E-state index contributed by atoms with van der Waals surface area (Å²) in [6, 6.07) is 18.4. The first-order valence-corrected chi connectivity index (χ1v) is 13.4. The van der Waals surface area contributed by atoms with E-state index >= 15 is 0 Å². The molecule has 0 unspecified atom stereocenters. The zero-order chi connectivity index (χ0) is 23.3. The molecule has 5 nitrogen and oxygen atoms in total. The molecule has 2 aromatic carbocycles. The van der Waals surface area contributed by atoms with Gasteiger partial charge in [0.15, 0.2) is 0 Å². The van der Waals surface area contributed by atoms with Gasteiger partial charge in [-0.15, -0.1) is 0 Å². The van der Waals surface area contributed by atoms with Crippen LogP contribution in [0.15, 0.2) is 78.0 Å². The summed E-state index contributed by atoms with van der Waals surface area (Å²) in [5.74, 6) is 0.782. The summed E-state index contributed by atoms with van der Waals surface area (Å²) in [4.78, 5) is 0.249. The van der Waals surface area contributed by atoms with E-state index in [0.717, 1.165) is 23.6 Å². The Labute approximate surface area is 198 Å². The minimum absolute atomic E-state index is 0.00227. The van der Waals surface area contributed by atoms with Crippen molar-refractivity contribution in [3.8, 4) is 5.69 Å². The van der Waals surface area contributed by atoms with E-state index in [9.17, 15) is 8.42 Å². The quantitative estimate of drug-likeness (QED) is 0.400. The molecule has 4 rings (SSSR count). The number of aromatic nitrogens is 1. The molecule has 1 fully saturated rings. The Bertz CT molecular complexity index is 1130. The molecule has 176 valence electrons. The summed E-state index contributed by atoms with van der Waals surface area (Å²) in [5, 5.41) is 3.67. The molecule has 0 bridgehead atoms. The Balaban J connectivity index is 1.43. The lowest BCUT2D eigenvalue weighted by atomic mass is 9.81. The molecule has 1 aromatic heterocycles. The lowest BCUT2D eigenvalue weighted by Crippen LogP contribution is -2.41. The normalized spacial score (nSPS) is 15.5. The van der Waals surface area contributed by atoms with E-state index in [0.29, 0.717) is 12.2 Å². The van der Waals surface area contributed by atoms with Gasteiger partial charge in [-0.2, -0.15) is 0 Å². The van der Waals surface area contributed by atoms with Gasteiger partial charge in [-0.1, -0.05) is 50.3 Å². The van der Waals surface area contributed by atoms with Gasteiger partial charge < -0.3 is 9.88 Å². The number of hydrogen-bond donors (Lipinski definition) is 2. The molecule has 1 aliphatic rings. The van der Waals surface area contributed by atoms with E-state index in [1.807, 2.05) is 65.5 Å². The highest BCUT2D eigenvalue weighted by atomic mass is 32.2. The third-order valence-corrected chi connectivity index (χ3v) is 7.97. The first-order valence-electron chi connectivity index (χ1n) is 11.9. The summed E-state index contributed by atoms with van der Waals surface area (Å²) in [5.41, 5.74) is 2.49. The number of nitrogens with one attached hydrogen (secondary N) is 2. The number of hydrogen-bond acceptors (Lipinski definition) is 3. The van der Waals surface area contributed by atoms with Crippen LogP contribution in [0, 0.1) is 5.92 Å². The van der Waals surface area contributed by atoms with Gasteiger partial charge in [-0.3, -0.25) is 4.72 Å². The van der Waals surface area contributed by atoms with Crippen LogP contribution in [-0.2, 0) is 16.6 Å². The van der Waals surface area contributed by atoms with Gasteiger partial charge in [0.25, 0.3) is 10.0 Å². The fourth-order valence-corrected chi connectivity index (χ4v) is 5.90. The highest BCUT2D eigenvalue weighted by molar-refractivity contribution is 7.92. The molecule has 1 aliphatic carbocycles. The molecule has 0 radical (unpaired) electrons. The third kappa shape index (κ3) is 6.27. The van der Waals surface area contributed by atoms with E-state index in [1.165, 1.54) is 32.1 Å². The molecule has 0 amide bonds. The van der Waals surface area contributed by atoms with E-state index in [1.54, 1.807) is 12.1 Å². The average molecular weight is 466 g/mol. The second-order valence-electron chi connectivity index (χ2n) is 9.79. The van der Waals surface area contributed by atoms with Crippen molar-refractivity contribution in [1.82, 2.24) is 9.88 Å². The third-order valence-electron chi connectivity index (χ3n) is 6.59. The second kappa shape index (κ2) is 10.1. The molecule has 6 heteroatoms. The first kappa shape index (κ1) is 23.6. The molecule has 1 heterocycles. The van der Waals surface area contributed by atoms with Crippen LogP contribution in [0.3, 0.4) is 0 Å². The Morgan fingerprint density at radius 3 is 2.27 bits per heavy atom. The summed E-state index contributed by atoms with van der Waals surface area (Å²) in [6.45, 7) is 5.12. The van der Waals surface area contributed by atoms with Crippen molar-refractivity contribution in [1.29, 1.82) is 0 Å². The minimum Gasteiger partial charge on any atom is -0.324 e. The van der Waals surface area contributed by atoms with Gasteiger partial charge in [0, 0.05) is 30.2 Å².